The van der Waals surface area contributed by atoms with E-state index in [-0.39, 0.29) is 19.6 Å². The number of hydrogen-bond acceptors (Lipinski definition) is 4. The Kier molecular flexibility index (Phi) is 7.36. The van der Waals surface area contributed by atoms with Gasteiger partial charge in [0.2, 0.25) is 0 Å². The molecular weight excluding hydrogens is 261 g/mol. The molecule has 0 aliphatic carbocycles. The molecule has 1 atom stereocenters. The van der Waals surface area contributed by atoms with Crippen molar-refractivity contribution in [1.29, 1.82) is 0 Å². The van der Waals surface area contributed by atoms with Crippen LogP contribution in [0.4, 0.5) is 13.2 Å². The van der Waals surface area contributed by atoms with E-state index < -0.39 is 24.2 Å². The predicted octanol–water partition coefficient (Wildman–Crippen LogP) is 1.93. The summed E-state index contributed by atoms with van der Waals surface area (Å²) in [6.07, 6.45) is -3.51. The number of halogens is 3. The molecule has 0 bridgehead atoms. The molecule has 0 saturated heterocycles. The Morgan fingerprint density at radius 2 is 1.84 bits per heavy atom. The van der Waals surface area contributed by atoms with E-state index >= 15 is 0 Å². The summed E-state index contributed by atoms with van der Waals surface area (Å²) in [6.45, 7) is 4.57. The Hall–Kier alpha value is -0.820. The first kappa shape index (κ1) is 18.2. The molecule has 0 aromatic rings. The second kappa shape index (κ2) is 7.69. The molecule has 114 valence electrons. The fourth-order valence-corrected chi connectivity index (χ4v) is 1.63. The zero-order chi connectivity index (χ0) is 15.1. The lowest BCUT2D eigenvalue weighted by Gasteiger charge is -2.28. The van der Waals surface area contributed by atoms with E-state index in [9.17, 15) is 18.0 Å². The van der Waals surface area contributed by atoms with Crippen LogP contribution in [-0.4, -0.2) is 48.8 Å². The molecule has 0 radical (unpaired) electrons. The highest BCUT2D eigenvalue weighted by Crippen LogP contribution is 2.18. The molecule has 0 saturated carbocycles. The van der Waals surface area contributed by atoms with Crippen molar-refractivity contribution in [2.75, 3.05) is 26.2 Å². The smallest absolute Gasteiger partial charge is 0.401 e. The Morgan fingerprint density at radius 1 is 1.26 bits per heavy atom. The number of nitrogens with two attached hydrogens (primary N) is 1. The third-order valence-electron chi connectivity index (χ3n) is 2.63. The molecule has 4 nitrogen and oxygen atoms in total. The average Bonchev–Trinajstić information content (AvgIpc) is 2.25. The van der Waals surface area contributed by atoms with Crippen molar-refractivity contribution in [3.63, 3.8) is 0 Å². The van der Waals surface area contributed by atoms with Crippen LogP contribution in [0.25, 0.3) is 0 Å². The number of carbonyl (C=O) groups is 1. The summed E-state index contributed by atoms with van der Waals surface area (Å²) in [5.41, 5.74) is 4.52. The molecular formula is C12H23F3N2O2. The van der Waals surface area contributed by atoms with Crippen molar-refractivity contribution in [2.24, 2.45) is 5.73 Å². The van der Waals surface area contributed by atoms with Crippen LogP contribution in [0.2, 0.25) is 0 Å². The molecule has 1 unspecified atom stereocenters. The van der Waals surface area contributed by atoms with Crippen LogP contribution in [0.3, 0.4) is 0 Å². The van der Waals surface area contributed by atoms with E-state index in [1.54, 1.807) is 13.8 Å². The first-order valence-corrected chi connectivity index (χ1v) is 6.37. The van der Waals surface area contributed by atoms with Crippen LogP contribution in [0.15, 0.2) is 0 Å². The number of ether oxygens (including phenoxy) is 1. The highest BCUT2D eigenvalue weighted by Gasteiger charge is 2.33. The van der Waals surface area contributed by atoms with Gasteiger partial charge >= 0.3 is 12.1 Å². The lowest BCUT2D eigenvalue weighted by atomic mass is 9.99. The highest BCUT2D eigenvalue weighted by molar-refractivity contribution is 5.79. The maximum Gasteiger partial charge on any atom is 0.401 e. The molecule has 0 aliphatic rings. The first-order valence-electron chi connectivity index (χ1n) is 6.37. The maximum absolute atomic E-state index is 12.4. The summed E-state index contributed by atoms with van der Waals surface area (Å²) < 4.78 is 41.9. The third-order valence-corrected chi connectivity index (χ3v) is 2.63. The molecule has 19 heavy (non-hydrogen) atoms. The van der Waals surface area contributed by atoms with Crippen molar-refractivity contribution in [2.45, 2.75) is 45.3 Å². The first-order chi connectivity index (χ1) is 8.62. The van der Waals surface area contributed by atoms with Gasteiger partial charge in [-0.2, -0.15) is 13.2 Å². The zero-order valence-electron chi connectivity index (χ0n) is 11.7. The van der Waals surface area contributed by atoms with Gasteiger partial charge in [0, 0.05) is 6.54 Å². The van der Waals surface area contributed by atoms with E-state index in [0.29, 0.717) is 13.0 Å². The van der Waals surface area contributed by atoms with Gasteiger partial charge in [0.25, 0.3) is 0 Å². The summed E-state index contributed by atoms with van der Waals surface area (Å²) >= 11 is 0. The molecule has 0 fully saturated rings. The third kappa shape index (κ3) is 8.05. The van der Waals surface area contributed by atoms with E-state index in [0.717, 1.165) is 0 Å². The van der Waals surface area contributed by atoms with Gasteiger partial charge in [0.05, 0.1) is 13.2 Å². The number of carbonyl (C=O) groups excluding carboxylic acids is 1. The van der Waals surface area contributed by atoms with Gasteiger partial charge in [-0.15, -0.1) is 0 Å². The van der Waals surface area contributed by atoms with Crippen LogP contribution in [0.1, 0.15) is 33.6 Å². The summed E-state index contributed by atoms with van der Waals surface area (Å²) in [5.74, 6) is -0.585. The minimum Gasteiger partial charge on any atom is -0.465 e. The number of hydrogen-bond donors (Lipinski definition) is 1. The fraction of sp³-hybridized carbons (Fsp3) is 0.917. The van der Waals surface area contributed by atoms with Crippen LogP contribution in [-0.2, 0) is 9.53 Å². The van der Waals surface area contributed by atoms with Gasteiger partial charge < -0.3 is 10.5 Å². The molecule has 0 heterocycles. The average molecular weight is 284 g/mol. The fourth-order valence-electron chi connectivity index (χ4n) is 1.63. The summed E-state index contributed by atoms with van der Waals surface area (Å²) in [5, 5.41) is 0. The van der Waals surface area contributed by atoms with E-state index in [1.807, 2.05) is 0 Å². The van der Waals surface area contributed by atoms with Gasteiger partial charge in [0.1, 0.15) is 5.54 Å². The molecule has 0 aromatic carbocycles. The van der Waals surface area contributed by atoms with Crippen molar-refractivity contribution in [1.82, 2.24) is 4.90 Å². The number of rotatable bonds is 8. The van der Waals surface area contributed by atoms with Crippen LogP contribution < -0.4 is 5.73 Å². The van der Waals surface area contributed by atoms with Crippen molar-refractivity contribution in [3.05, 3.63) is 0 Å². The summed E-state index contributed by atoms with van der Waals surface area (Å²) in [4.78, 5) is 12.8. The second-order valence-electron chi connectivity index (χ2n) is 4.78. The molecule has 0 amide bonds. The zero-order valence-corrected chi connectivity index (χ0v) is 11.7. The number of nitrogens with zero attached hydrogens (tertiary/aromatic N) is 1. The monoisotopic (exact) mass is 284 g/mol. The minimum absolute atomic E-state index is 0.110. The molecule has 0 aromatic heterocycles. The van der Waals surface area contributed by atoms with Crippen molar-refractivity contribution in [3.8, 4) is 0 Å². The van der Waals surface area contributed by atoms with Gasteiger partial charge in [-0.1, -0.05) is 6.92 Å². The Balaban J connectivity index is 4.41. The molecule has 0 rings (SSSR count). The lowest BCUT2D eigenvalue weighted by molar-refractivity contribution is -0.151. The van der Waals surface area contributed by atoms with Crippen LogP contribution >= 0.6 is 0 Å². The van der Waals surface area contributed by atoms with Crippen LogP contribution in [0.5, 0.6) is 0 Å². The SMILES string of the molecule is CCCN(CCC(C)(N)C(=O)OCC)CC(F)(F)F. The molecule has 0 spiro atoms. The lowest BCUT2D eigenvalue weighted by Crippen LogP contribution is -2.49. The van der Waals surface area contributed by atoms with Gasteiger partial charge in [-0.25, -0.2) is 0 Å². The largest absolute Gasteiger partial charge is 0.465 e. The standard InChI is InChI=1S/C12H23F3N2O2/c1-4-7-17(9-12(13,14)15)8-6-11(3,16)10(18)19-5-2/h4-9,16H2,1-3H3. The van der Waals surface area contributed by atoms with Gasteiger partial charge in [-0.05, 0) is 33.2 Å². The molecule has 0 aliphatic heterocycles. The minimum atomic E-state index is -4.25. The van der Waals surface area contributed by atoms with Crippen LogP contribution in [0, 0.1) is 0 Å². The summed E-state index contributed by atoms with van der Waals surface area (Å²) in [7, 11) is 0. The van der Waals surface area contributed by atoms with E-state index in [4.69, 9.17) is 10.5 Å². The van der Waals surface area contributed by atoms with E-state index in [1.165, 1.54) is 11.8 Å². The number of alkyl halides is 3. The number of esters is 1. The highest BCUT2D eigenvalue weighted by atomic mass is 19.4. The normalized spacial score (nSPS) is 15.4. The predicted molar refractivity (Wildman–Crippen MR) is 66.6 cm³/mol. The van der Waals surface area contributed by atoms with Gasteiger partial charge in [-0.3, -0.25) is 9.69 Å². The topological polar surface area (TPSA) is 55.6 Å². The molecule has 2 N–H and O–H groups in total. The Labute approximate surface area is 112 Å². The van der Waals surface area contributed by atoms with Crippen molar-refractivity contribution >= 4 is 5.97 Å². The maximum atomic E-state index is 12.4. The Morgan fingerprint density at radius 3 is 2.26 bits per heavy atom. The van der Waals surface area contributed by atoms with E-state index in [2.05, 4.69) is 0 Å². The summed E-state index contributed by atoms with van der Waals surface area (Å²) in [6, 6.07) is 0. The second-order valence-corrected chi connectivity index (χ2v) is 4.78. The van der Waals surface area contributed by atoms with Crippen molar-refractivity contribution < 1.29 is 22.7 Å². The van der Waals surface area contributed by atoms with Gasteiger partial charge in [0.15, 0.2) is 0 Å². The molecule has 7 heteroatoms. The Bertz CT molecular complexity index is 281. The quantitative estimate of drug-likeness (QED) is 0.692.